The Kier molecular flexibility index (Phi) is 3.91. The molecule has 1 fully saturated rings. The van der Waals surface area contributed by atoms with E-state index >= 15 is 0 Å². The van der Waals surface area contributed by atoms with Crippen LogP contribution in [-0.2, 0) is 6.42 Å². The normalized spacial score (nSPS) is 25.5. The first-order chi connectivity index (χ1) is 8.49. The summed E-state index contributed by atoms with van der Waals surface area (Å²) in [5.74, 6) is 1.12. The maximum Gasteiger partial charge on any atom is 0.146 e. The van der Waals surface area contributed by atoms with E-state index in [4.69, 9.17) is 5.73 Å². The molecule has 0 amide bonds. The first-order valence-electron chi connectivity index (χ1n) is 6.77. The van der Waals surface area contributed by atoms with Crippen LogP contribution in [0.25, 0.3) is 0 Å². The average molecular weight is 250 g/mol. The molecule has 1 aliphatic rings. The van der Waals surface area contributed by atoms with Gasteiger partial charge in [-0.05, 0) is 36.8 Å². The molecule has 2 N–H and O–H groups in total. The lowest BCUT2D eigenvalue weighted by atomic mass is 10.0. The number of rotatable bonds is 3. The molecular formula is C15H23FN2. The molecule has 18 heavy (non-hydrogen) atoms. The van der Waals surface area contributed by atoms with Crippen LogP contribution in [0.2, 0.25) is 0 Å². The van der Waals surface area contributed by atoms with E-state index in [1.54, 1.807) is 12.1 Å². The van der Waals surface area contributed by atoms with E-state index in [2.05, 4.69) is 18.7 Å². The van der Waals surface area contributed by atoms with Crippen LogP contribution in [0.4, 0.5) is 10.1 Å². The van der Waals surface area contributed by atoms with E-state index in [0.717, 1.165) is 30.8 Å². The summed E-state index contributed by atoms with van der Waals surface area (Å²) in [6.45, 7) is 8.31. The maximum absolute atomic E-state index is 14.1. The quantitative estimate of drug-likeness (QED) is 0.894. The number of anilines is 1. The average Bonchev–Trinajstić information content (AvgIpc) is 2.58. The van der Waals surface area contributed by atoms with Crippen LogP contribution in [-0.4, -0.2) is 19.1 Å². The monoisotopic (exact) mass is 250 g/mol. The Morgan fingerprint density at radius 2 is 1.94 bits per heavy atom. The van der Waals surface area contributed by atoms with E-state index in [0.29, 0.717) is 11.8 Å². The van der Waals surface area contributed by atoms with Crippen LogP contribution in [0, 0.1) is 17.7 Å². The smallest absolute Gasteiger partial charge is 0.146 e. The Labute approximate surface area is 109 Å². The van der Waals surface area contributed by atoms with Gasteiger partial charge < -0.3 is 10.6 Å². The van der Waals surface area contributed by atoms with Crippen molar-refractivity contribution in [2.75, 3.05) is 18.0 Å². The zero-order chi connectivity index (χ0) is 13.3. The molecule has 1 aromatic carbocycles. The van der Waals surface area contributed by atoms with Gasteiger partial charge in [0.2, 0.25) is 0 Å². The van der Waals surface area contributed by atoms with Crippen LogP contribution in [0.5, 0.6) is 0 Å². The predicted octanol–water partition coefficient (Wildman–Crippen LogP) is 2.81. The summed E-state index contributed by atoms with van der Waals surface area (Å²) in [6, 6.07) is 5.38. The summed E-state index contributed by atoms with van der Waals surface area (Å²) >= 11 is 0. The summed E-state index contributed by atoms with van der Waals surface area (Å²) < 4.78 is 14.1. The second-order valence-corrected chi connectivity index (χ2v) is 5.79. The number of nitrogens with zero attached hydrogens (tertiary/aromatic N) is 1. The van der Waals surface area contributed by atoms with Crippen molar-refractivity contribution < 1.29 is 4.39 Å². The van der Waals surface area contributed by atoms with E-state index in [-0.39, 0.29) is 11.9 Å². The van der Waals surface area contributed by atoms with E-state index in [9.17, 15) is 4.39 Å². The van der Waals surface area contributed by atoms with Gasteiger partial charge in [-0.3, -0.25) is 0 Å². The molecule has 3 unspecified atom stereocenters. The predicted molar refractivity (Wildman–Crippen MR) is 74.3 cm³/mol. The number of nitrogens with two attached hydrogens (primary N) is 1. The van der Waals surface area contributed by atoms with Crippen molar-refractivity contribution >= 4 is 5.69 Å². The van der Waals surface area contributed by atoms with Crippen molar-refractivity contribution in [2.24, 2.45) is 17.6 Å². The largest absolute Gasteiger partial charge is 0.368 e. The standard InChI is InChI=1S/C15H23FN2/c1-10-8-18(9-11(10)2)15-13(7-12(3)17)5-4-6-14(15)16/h4-6,10-12H,7-9,17H2,1-3H3. The van der Waals surface area contributed by atoms with Crippen molar-refractivity contribution in [3.63, 3.8) is 0 Å². The van der Waals surface area contributed by atoms with Crippen molar-refractivity contribution in [3.05, 3.63) is 29.6 Å². The highest BCUT2D eigenvalue weighted by Crippen LogP contribution is 2.32. The zero-order valence-corrected chi connectivity index (χ0v) is 11.5. The van der Waals surface area contributed by atoms with Gasteiger partial charge in [-0.2, -0.15) is 0 Å². The van der Waals surface area contributed by atoms with Crippen molar-refractivity contribution in [1.29, 1.82) is 0 Å². The Morgan fingerprint density at radius 3 is 2.50 bits per heavy atom. The highest BCUT2D eigenvalue weighted by Gasteiger charge is 2.29. The van der Waals surface area contributed by atoms with Gasteiger partial charge in [-0.15, -0.1) is 0 Å². The third kappa shape index (κ3) is 2.66. The molecule has 1 saturated heterocycles. The fourth-order valence-electron chi connectivity index (χ4n) is 2.74. The van der Waals surface area contributed by atoms with Gasteiger partial charge in [0.1, 0.15) is 5.82 Å². The van der Waals surface area contributed by atoms with E-state index in [1.807, 2.05) is 13.0 Å². The van der Waals surface area contributed by atoms with Crippen LogP contribution < -0.4 is 10.6 Å². The Hall–Kier alpha value is -1.09. The summed E-state index contributed by atoms with van der Waals surface area (Å²) in [4.78, 5) is 2.18. The second-order valence-electron chi connectivity index (χ2n) is 5.79. The second kappa shape index (κ2) is 5.27. The molecule has 2 nitrogen and oxygen atoms in total. The lowest BCUT2D eigenvalue weighted by molar-refractivity contribution is 0.494. The molecule has 1 heterocycles. The minimum Gasteiger partial charge on any atom is -0.368 e. The van der Waals surface area contributed by atoms with Crippen LogP contribution in [0.1, 0.15) is 26.3 Å². The molecule has 0 bridgehead atoms. The number of hydrogen-bond acceptors (Lipinski definition) is 2. The molecule has 0 spiro atoms. The van der Waals surface area contributed by atoms with Gasteiger partial charge in [0, 0.05) is 19.1 Å². The summed E-state index contributed by atoms with van der Waals surface area (Å²) in [5.41, 5.74) is 7.66. The first kappa shape index (κ1) is 13.3. The minimum absolute atomic E-state index is 0.0583. The Morgan fingerprint density at radius 1 is 1.33 bits per heavy atom. The van der Waals surface area contributed by atoms with Crippen molar-refractivity contribution in [3.8, 4) is 0 Å². The molecule has 1 aromatic rings. The van der Waals surface area contributed by atoms with Crippen LogP contribution >= 0.6 is 0 Å². The summed E-state index contributed by atoms with van der Waals surface area (Å²) in [6.07, 6.45) is 0.729. The fraction of sp³-hybridized carbons (Fsp3) is 0.600. The van der Waals surface area contributed by atoms with Gasteiger partial charge in [0.05, 0.1) is 5.69 Å². The molecule has 3 heteroatoms. The number of benzene rings is 1. The molecule has 0 aliphatic carbocycles. The maximum atomic E-state index is 14.1. The van der Waals surface area contributed by atoms with E-state index in [1.165, 1.54) is 0 Å². The van der Waals surface area contributed by atoms with Gasteiger partial charge in [-0.25, -0.2) is 4.39 Å². The van der Waals surface area contributed by atoms with Crippen LogP contribution in [0.3, 0.4) is 0 Å². The lowest BCUT2D eigenvalue weighted by Crippen LogP contribution is -2.25. The third-order valence-electron chi connectivity index (χ3n) is 3.92. The first-order valence-corrected chi connectivity index (χ1v) is 6.77. The Balaban J connectivity index is 2.31. The van der Waals surface area contributed by atoms with Gasteiger partial charge in [-0.1, -0.05) is 26.0 Å². The van der Waals surface area contributed by atoms with Gasteiger partial charge in [0.25, 0.3) is 0 Å². The fourth-order valence-corrected chi connectivity index (χ4v) is 2.74. The van der Waals surface area contributed by atoms with E-state index < -0.39 is 0 Å². The summed E-state index contributed by atoms with van der Waals surface area (Å²) in [7, 11) is 0. The molecule has 0 aromatic heterocycles. The van der Waals surface area contributed by atoms with Crippen LogP contribution in [0.15, 0.2) is 18.2 Å². The van der Waals surface area contributed by atoms with Crippen molar-refractivity contribution in [1.82, 2.24) is 0 Å². The highest BCUT2D eigenvalue weighted by molar-refractivity contribution is 5.56. The number of hydrogen-bond donors (Lipinski definition) is 1. The van der Waals surface area contributed by atoms with Gasteiger partial charge >= 0.3 is 0 Å². The molecule has 100 valence electrons. The molecule has 0 saturated carbocycles. The van der Waals surface area contributed by atoms with Crippen molar-refractivity contribution in [2.45, 2.75) is 33.2 Å². The number of para-hydroxylation sites is 1. The molecular weight excluding hydrogens is 227 g/mol. The SMILES string of the molecule is CC(N)Cc1cccc(F)c1N1CC(C)C(C)C1. The molecule has 3 atom stereocenters. The van der Waals surface area contributed by atoms with Gasteiger partial charge in [0.15, 0.2) is 0 Å². The minimum atomic E-state index is -0.116. The highest BCUT2D eigenvalue weighted by atomic mass is 19.1. The third-order valence-corrected chi connectivity index (χ3v) is 3.92. The molecule has 1 aliphatic heterocycles. The topological polar surface area (TPSA) is 29.3 Å². The number of halogens is 1. The zero-order valence-electron chi connectivity index (χ0n) is 11.5. The molecule has 0 radical (unpaired) electrons. The Bertz CT molecular complexity index is 407. The summed E-state index contributed by atoms with van der Waals surface area (Å²) in [5, 5.41) is 0. The molecule has 2 rings (SSSR count). The lowest BCUT2D eigenvalue weighted by Gasteiger charge is -2.23.